The molecule has 1 aliphatic heterocycles. The van der Waals surface area contributed by atoms with Crippen LogP contribution in [0.2, 0.25) is 0 Å². The number of likely N-dealkylation sites (tertiary alicyclic amines) is 1. The third kappa shape index (κ3) is 3.62. The van der Waals surface area contributed by atoms with Crippen molar-refractivity contribution in [1.82, 2.24) is 9.47 Å². The maximum absolute atomic E-state index is 12.5. The summed E-state index contributed by atoms with van der Waals surface area (Å²) in [6.07, 6.45) is 7.00. The standard InChI is InChI=1S/C17H21N3O3S/c1-24(22,23)16-7-3-2-6-15(16)18-17(21)20-12-8-14(9-13-20)19-10-4-5-11-19/h2-7,10-11,14H,8-9,12-13H2,1H3,(H,18,21). The normalized spacial score (nSPS) is 16.1. The summed E-state index contributed by atoms with van der Waals surface area (Å²) in [5, 5.41) is 2.74. The number of anilines is 1. The molecule has 1 saturated heterocycles. The fourth-order valence-electron chi connectivity index (χ4n) is 3.05. The number of nitrogens with one attached hydrogen (secondary N) is 1. The number of rotatable bonds is 3. The van der Waals surface area contributed by atoms with Crippen molar-refractivity contribution in [3.05, 3.63) is 48.8 Å². The van der Waals surface area contributed by atoms with Crippen molar-refractivity contribution in [2.75, 3.05) is 24.7 Å². The number of nitrogens with zero attached hydrogens (tertiary/aromatic N) is 2. The number of hydrogen-bond acceptors (Lipinski definition) is 3. The molecule has 1 fully saturated rings. The topological polar surface area (TPSA) is 71.4 Å². The summed E-state index contributed by atoms with van der Waals surface area (Å²) < 4.78 is 25.8. The van der Waals surface area contributed by atoms with Crippen LogP contribution in [-0.2, 0) is 9.84 Å². The van der Waals surface area contributed by atoms with Gasteiger partial charge in [-0.3, -0.25) is 0 Å². The molecule has 1 aromatic heterocycles. The lowest BCUT2D eigenvalue weighted by Crippen LogP contribution is -2.41. The van der Waals surface area contributed by atoms with Gasteiger partial charge in [-0.15, -0.1) is 0 Å². The van der Waals surface area contributed by atoms with E-state index in [0.717, 1.165) is 19.1 Å². The molecule has 1 aliphatic rings. The van der Waals surface area contributed by atoms with E-state index in [4.69, 9.17) is 0 Å². The zero-order chi connectivity index (χ0) is 17.2. The second-order valence-corrected chi connectivity index (χ2v) is 8.03. The van der Waals surface area contributed by atoms with Crippen LogP contribution in [0.4, 0.5) is 10.5 Å². The molecule has 0 saturated carbocycles. The van der Waals surface area contributed by atoms with E-state index in [9.17, 15) is 13.2 Å². The van der Waals surface area contributed by atoms with Gasteiger partial charge in [0.15, 0.2) is 9.84 Å². The summed E-state index contributed by atoms with van der Waals surface area (Å²) in [7, 11) is -3.38. The summed E-state index contributed by atoms with van der Waals surface area (Å²) in [5.74, 6) is 0. The Morgan fingerprint density at radius 2 is 1.71 bits per heavy atom. The molecule has 128 valence electrons. The fraction of sp³-hybridized carbons (Fsp3) is 0.353. The van der Waals surface area contributed by atoms with E-state index in [2.05, 4.69) is 9.88 Å². The average Bonchev–Trinajstić information content (AvgIpc) is 3.09. The van der Waals surface area contributed by atoms with Crippen LogP contribution in [0.25, 0.3) is 0 Å². The Bertz CT molecular complexity index is 807. The number of hydrogen-bond donors (Lipinski definition) is 1. The number of benzene rings is 1. The fourth-order valence-corrected chi connectivity index (χ4v) is 3.89. The minimum Gasteiger partial charge on any atom is -0.351 e. The number of sulfone groups is 1. The molecular formula is C17H21N3O3S. The van der Waals surface area contributed by atoms with Crippen molar-refractivity contribution >= 4 is 21.6 Å². The Morgan fingerprint density at radius 1 is 1.08 bits per heavy atom. The Balaban J connectivity index is 1.65. The van der Waals surface area contributed by atoms with Gasteiger partial charge in [-0.05, 0) is 37.1 Å². The second-order valence-electron chi connectivity index (χ2n) is 6.05. The monoisotopic (exact) mass is 347 g/mol. The van der Waals surface area contributed by atoms with E-state index in [0.29, 0.717) is 24.8 Å². The lowest BCUT2D eigenvalue weighted by Gasteiger charge is -2.32. The minimum atomic E-state index is -3.38. The third-order valence-electron chi connectivity index (χ3n) is 4.33. The Hall–Kier alpha value is -2.28. The number of piperidine rings is 1. The second kappa shape index (κ2) is 6.68. The maximum Gasteiger partial charge on any atom is 0.321 e. The number of carbonyl (C=O) groups excluding carboxylic acids is 1. The minimum absolute atomic E-state index is 0.139. The number of amides is 2. The van der Waals surface area contributed by atoms with E-state index in [1.54, 1.807) is 23.1 Å². The molecule has 6 nitrogen and oxygen atoms in total. The van der Waals surface area contributed by atoms with Crippen molar-refractivity contribution in [3.8, 4) is 0 Å². The van der Waals surface area contributed by atoms with Crippen LogP contribution in [0.15, 0.2) is 53.7 Å². The molecule has 7 heteroatoms. The number of carbonyl (C=O) groups is 1. The van der Waals surface area contributed by atoms with Crippen molar-refractivity contribution < 1.29 is 13.2 Å². The van der Waals surface area contributed by atoms with Crippen LogP contribution >= 0.6 is 0 Å². The van der Waals surface area contributed by atoms with Gasteiger partial charge < -0.3 is 14.8 Å². The zero-order valence-corrected chi connectivity index (χ0v) is 14.4. The summed E-state index contributed by atoms with van der Waals surface area (Å²) in [4.78, 5) is 14.3. The highest BCUT2D eigenvalue weighted by Crippen LogP contribution is 2.24. The first-order valence-electron chi connectivity index (χ1n) is 7.92. The SMILES string of the molecule is CS(=O)(=O)c1ccccc1NC(=O)N1CCC(n2cccc2)CC1. The van der Waals surface area contributed by atoms with Crippen molar-refractivity contribution in [3.63, 3.8) is 0 Å². The molecule has 0 radical (unpaired) electrons. The molecule has 0 unspecified atom stereocenters. The van der Waals surface area contributed by atoms with Crippen molar-refractivity contribution in [2.24, 2.45) is 0 Å². The third-order valence-corrected chi connectivity index (χ3v) is 5.48. The molecular weight excluding hydrogens is 326 g/mol. The number of aromatic nitrogens is 1. The Kier molecular flexibility index (Phi) is 4.62. The highest BCUT2D eigenvalue weighted by molar-refractivity contribution is 7.90. The first kappa shape index (κ1) is 16.6. The number of para-hydroxylation sites is 1. The maximum atomic E-state index is 12.5. The van der Waals surface area contributed by atoms with E-state index >= 15 is 0 Å². The molecule has 3 rings (SSSR count). The van der Waals surface area contributed by atoms with E-state index in [-0.39, 0.29) is 10.9 Å². The quantitative estimate of drug-likeness (QED) is 0.928. The highest BCUT2D eigenvalue weighted by Gasteiger charge is 2.24. The van der Waals surface area contributed by atoms with Gasteiger partial charge in [0.1, 0.15) is 0 Å². The first-order chi connectivity index (χ1) is 11.4. The summed E-state index contributed by atoms with van der Waals surface area (Å²) in [6, 6.07) is 10.6. The molecule has 0 spiro atoms. The predicted molar refractivity (Wildman–Crippen MR) is 92.8 cm³/mol. The average molecular weight is 347 g/mol. The van der Waals surface area contributed by atoms with Crippen LogP contribution in [0.1, 0.15) is 18.9 Å². The first-order valence-corrected chi connectivity index (χ1v) is 9.82. The van der Waals surface area contributed by atoms with Gasteiger partial charge >= 0.3 is 6.03 Å². The van der Waals surface area contributed by atoms with E-state index < -0.39 is 9.84 Å². The number of urea groups is 1. The summed E-state index contributed by atoms with van der Waals surface area (Å²) in [6.45, 7) is 1.30. The molecule has 0 aliphatic carbocycles. The van der Waals surface area contributed by atoms with Crippen LogP contribution < -0.4 is 5.32 Å². The van der Waals surface area contributed by atoms with Gasteiger partial charge in [0, 0.05) is 37.8 Å². The van der Waals surface area contributed by atoms with Crippen molar-refractivity contribution in [2.45, 2.75) is 23.8 Å². The van der Waals surface area contributed by atoms with Crippen LogP contribution in [-0.4, -0.2) is 43.3 Å². The zero-order valence-electron chi connectivity index (χ0n) is 13.6. The molecule has 2 aromatic rings. The molecule has 2 amide bonds. The summed E-state index contributed by atoms with van der Waals surface area (Å²) in [5.41, 5.74) is 0.331. The van der Waals surface area contributed by atoms with Crippen molar-refractivity contribution in [1.29, 1.82) is 0 Å². The van der Waals surface area contributed by atoms with Crippen LogP contribution in [0.3, 0.4) is 0 Å². The van der Waals surface area contributed by atoms with Gasteiger partial charge in [0.05, 0.1) is 10.6 Å². The smallest absolute Gasteiger partial charge is 0.321 e. The van der Waals surface area contributed by atoms with E-state index in [1.807, 2.05) is 24.5 Å². The molecule has 0 bridgehead atoms. The highest BCUT2D eigenvalue weighted by atomic mass is 32.2. The predicted octanol–water partition coefficient (Wildman–Crippen LogP) is 2.76. The molecule has 1 N–H and O–H groups in total. The van der Waals surface area contributed by atoms with Gasteiger partial charge in [-0.1, -0.05) is 12.1 Å². The van der Waals surface area contributed by atoms with Gasteiger partial charge in [0.2, 0.25) is 0 Å². The molecule has 0 atom stereocenters. The van der Waals surface area contributed by atoms with Gasteiger partial charge in [-0.2, -0.15) is 0 Å². The Labute approximate surface area is 142 Å². The largest absolute Gasteiger partial charge is 0.351 e. The van der Waals surface area contributed by atoms with Crippen LogP contribution in [0.5, 0.6) is 0 Å². The summed E-state index contributed by atoms with van der Waals surface area (Å²) >= 11 is 0. The van der Waals surface area contributed by atoms with Gasteiger partial charge in [0.25, 0.3) is 0 Å². The molecule has 2 heterocycles. The van der Waals surface area contributed by atoms with E-state index in [1.165, 1.54) is 6.07 Å². The van der Waals surface area contributed by atoms with Crippen LogP contribution in [0, 0.1) is 0 Å². The lowest BCUT2D eigenvalue weighted by molar-refractivity contribution is 0.184. The van der Waals surface area contributed by atoms with Gasteiger partial charge in [-0.25, -0.2) is 13.2 Å². The Morgan fingerprint density at radius 3 is 2.33 bits per heavy atom. The molecule has 1 aromatic carbocycles. The lowest BCUT2D eigenvalue weighted by atomic mass is 10.1. The molecule has 24 heavy (non-hydrogen) atoms.